The van der Waals surface area contributed by atoms with E-state index in [1.54, 1.807) is 16.2 Å². The third-order valence-electron chi connectivity index (χ3n) is 5.45. The van der Waals surface area contributed by atoms with Crippen LogP contribution in [-0.4, -0.2) is 41.4 Å². The van der Waals surface area contributed by atoms with Crippen molar-refractivity contribution in [1.29, 1.82) is 0 Å². The Kier molecular flexibility index (Phi) is 5.16. The highest BCUT2D eigenvalue weighted by Crippen LogP contribution is 2.27. The average molecular weight is 384 g/mol. The number of nitrogens with one attached hydrogen (secondary N) is 1. The zero-order valence-electron chi connectivity index (χ0n) is 15.6. The molecular formula is C21H25N3O2S. The van der Waals surface area contributed by atoms with E-state index in [0.717, 1.165) is 37.1 Å². The van der Waals surface area contributed by atoms with E-state index in [1.165, 1.54) is 10.4 Å². The maximum Gasteiger partial charge on any atom is 0.321 e. The molecule has 0 spiro atoms. The molecule has 1 N–H and O–H groups in total. The third kappa shape index (κ3) is 4.00. The monoisotopic (exact) mass is 383 g/mol. The first-order chi connectivity index (χ1) is 13.1. The predicted molar refractivity (Wildman–Crippen MR) is 108 cm³/mol. The molecule has 5 nitrogen and oxygen atoms in total. The zero-order valence-corrected chi connectivity index (χ0v) is 16.4. The molecule has 1 unspecified atom stereocenters. The number of likely N-dealkylation sites (tertiary alicyclic amines) is 1. The van der Waals surface area contributed by atoms with E-state index in [4.69, 9.17) is 0 Å². The lowest BCUT2D eigenvalue weighted by molar-refractivity contribution is -0.137. The second-order valence-electron chi connectivity index (χ2n) is 7.46. The highest BCUT2D eigenvalue weighted by atomic mass is 32.1. The number of amides is 3. The van der Waals surface area contributed by atoms with Crippen LogP contribution in [0, 0.1) is 12.8 Å². The van der Waals surface area contributed by atoms with Crippen LogP contribution >= 0.6 is 11.3 Å². The van der Waals surface area contributed by atoms with Crippen molar-refractivity contribution in [1.82, 2.24) is 9.80 Å². The maximum absolute atomic E-state index is 13.0. The predicted octanol–water partition coefficient (Wildman–Crippen LogP) is 3.89. The maximum atomic E-state index is 13.0. The van der Waals surface area contributed by atoms with Crippen LogP contribution in [0.3, 0.4) is 0 Å². The fourth-order valence-corrected chi connectivity index (χ4v) is 4.87. The summed E-state index contributed by atoms with van der Waals surface area (Å²) in [6, 6.07) is 9.80. The largest absolute Gasteiger partial charge is 0.338 e. The molecule has 6 heteroatoms. The molecule has 1 fully saturated rings. The number of carbonyl (C=O) groups is 2. The Morgan fingerprint density at radius 2 is 2.07 bits per heavy atom. The minimum Gasteiger partial charge on any atom is -0.338 e. The second-order valence-corrected chi connectivity index (χ2v) is 8.46. The summed E-state index contributed by atoms with van der Waals surface area (Å²) in [6.07, 6.45) is 2.68. The van der Waals surface area contributed by atoms with Gasteiger partial charge in [-0.05, 0) is 60.9 Å². The molecule has 3 amide bonds. The summed E-state index contributed by atoms with van der Waals surface area (Å²) in [5.74, 6) is 0.0992. The summed E-state index contributed by atoms with van der Waals surface area (Å²) < 4.78 is 0. The van der Waals surface area contributed by atoms with E-state index in [-0.39, 0.29) is 17.9 Å². The summed E-state index contributed by atoms with van der Waals surface area (Å²) in [7, 11) is 0. The van der Waals surface area contributed by atoms with E-state index in [1.807, 2.05) is 36.1 Å². The number of anilines is 1. The summed E-state index contributed by atoms with van der Waals surface area (Å²) in [5.41, 5.74) is 3.19. The lowest BCUT2D eigenvalue weighted by Crippen LogP contribution is -2.48. The van der Waals surface area contributed by atoms with Gasteiger partial charge in [0.05, 0.1) is 5.92 Å². The summed E-state index contributed by atoms with van der Waals surface area (Å²) >= 11 is 1.78. The number of thiophene rings is 1. The van der Waals surface area contributed by atoms with Crippen molar-refractivity contribution in [2.75, 3.05) is 25.0 Å². The van der Waals surface area contributed by atoms with Gasteiger partial charge in [0.2, 0.25) is 5.91 Å². The number of fused-ring (bicyclic) bond motifs is 1. The lowest BCUT2D eigenvalue weighted by Gasteiger charge is -2.36. The number of benzene rings is 1. The first-order valence-corrected chi connectivity index (χ1v) is 10.4. The molecule has 1 aromatic carbocycles. The molecule has 2 aliphatic rings. The minimum atomic E-state index is -0.114. The van der Waals surface area contributed by atoms with E-state index >= 15 is 0 Å². The molecular weight excluding hydrogens is 358 g/mol. The van der Waals surface area contributed by atoms with Gasteiger partial charge in [0.25, 0.3) is 0 Å². The zero-order chi connectivity index (χ0) is 18.8. The Balaban J connectivity index is 1.37. The van der Waals surface area contributed by atoms with Gasteiger partial charge in [0.1, 0.15) is 0 Å². The molecule has 0 radical (unpaired) electrons. The van der Waals surface area contributed by atoms with Crippen molar-refractivity contribution >= 4 is 29.0 Å². The fourth-order valence-electron chi connectivity index (χ4n) is 3.98. The van der Waals surface area contributed by atoms with Crippen LogP contribution in [0.5, 0.6) is 0 Å². The van der Waals surface area contributed by atoms with Crippen LogP contribution in [0.2, 0.25) is 0 Å². The first-order valence-electron chi connectivity index (χ1n) is 9.57. The number of piperidine rings is 1. The number of urea groups is 1. The Morgan fingerprint density at radius 3 is 2.93 bits per heavy atom. The number of carbonyl (C=O) groups excluding carboxylic acids is 2. The van der Waals surface area contributed by atoms with Crippen LogP contribution in [-0.2, 0) is 17.8 Å². The molecule has 0 bridgehead atoms. The quantitative estimate of drug-likeness (QED) is 0.855. The molecule has 3 heterocycles. The van der Waals surface area contributed by atoms with Gasteiger partial charge in [0, 0.05) is 36.7 Å². The number of hydrogen-bond donors (Lipinski definition) is 1. The van der Waals surface area contributed by atoms with Crippen molar-refractivity contribution in [3.63, 3.8) is 0 Å². The molecule has 27 heavy (non-hydrogen) atoms. The average Bonchev–Trinajstić information content (AvgIpc) is 3.15. The SMILES string of the molecule is Cc1cccc(NC(=O)N2CCCC(C(=O)N3CCc4sccc4C3)C2)c1. The summed E-state index contributed by atoms with van der Waals surface area (Å²) in [6.45, 7) is 4.71. The fraction of sp³-hybridized carbons (Fsp3) is 0.429. The third-order valence-corrected chi connectivity index (χ3v) is 6.47. The molecule has 0 aliphatic carbocycles. The lowest BCUT2D eigenvalue weighted by atomic mass is 9.95. The van der Waals surface area contributed by atoms with Gasteiger partial charge in [-0.25, -0.2) is 4.79 Å². The van der Waals surface area contributed by atoms with Crippen molar-refractivity contribution in [3.05, 3.63) is 51.7 Å². The number of rotatable bonds is 2. The smallest absolute Gasteiger partial charge is 0.321 e. The normalized spacial score (nSPS) is 19.5. The van der Waals surface area contributed by atoms with E-state index in [9.17, 15) is 9.59 Å². The molecule has 2 aliphatic heterocycles. The summed E-state index contributed by atoms with van der Waals surface area (Å²) in [4.78, 5) is 30.8. The van der Waals surface area contributed by atoms with Crippen molar-refractivity contribution in [2.24, 2.45) is 5.92 Å². The molecule has 1 aromatic heterocycles. The number of aryl methyl sites for hydroxylation is 1. The topological polar surface area (TPSA) is 52.7 Å². The molecule has 1 saturated heterocycles. The first kappa shape index (κ1) is 18.0. The molecule has 2 aromatic rings. The minimum absolute atomic E-state index is 0.0952. The number of nitrogens with zero attached hydrogens (tertiary/aromatic N) is 2. The van der Waals surface area contributed by atoms with E-state index in [0.29, 0.717) is 19.6 Å². The van der Waals surface area contributed by atoms with Gasteiger partial charge in [-0.2, -0.15) is 0 Å². The van der Waals surface area contributed by atoms with Gasteiger partial charge >= 0.3 is 6.03 Å². The van der Waals surface area contributed by atoms with Gasteiger partial charge in [-0.1, -0.05) is 12.1 Å². The number of hydrogen-bond acceptors (Lipinski definition) is 3. The Labute approximate surface area is 164 Å². The van der Waals surface area contributed by atoms with Crippen molar-refractivity contribution in [3.8, 4) is 0 Å². The highest BCUT2D eigenvalue weighted by molar-refractivity contribution is 7.10. The van der Waals surface area contributed by atoms with Crippen LogP contribution < -0.4 is 5.32 Å². The Hall–Kier alpha value is -2.34. The summed E-state index contributed by atoms with van der Waals surface area (Å²) in [5, 5.41) is 5.07. The van der Waals surface area contributed by atoms with Gasteiger partial charge in [-0.15, -0.1) is 11.3 Å². The van der Waals surface area contributed by atoms with E-state index < -0.39 is 0 Å². The van der Waals surface area contributed by atoms with Crippen LogP contribution in [0.4, 0.5) is 10.5 Å². The highest BCUT2D eigenvalue weighted by Gasteiger charge is 2.32. The van der Waals surface area contributed by atoms with E-state index in [2.05, 4.69) is 16.8 Å². The van der Waals surface area contributed by atoms with Crippen molar-refractivity contribution in [2.45, 2.75) is 32.7 Å². The standard InChI is InChI=1S/C21H25N3O2S/c1-15-4-2-6-18(12-15)22-21(26)24-9-3-5-17(14-24)20(25)23-10-7-19-16(13-23)8-11-27-19/h2,4,6,8,11-12,17H,3,5,7,9-10,13-14H2,1H3,(H,22,26). The molecule has 4 rings (SSSR count). The molecule has 0 saturated carbocycles. The van der Waals surface area contributed by atoms with Gasteiger partial charge < -0.3 is 15.1 Å². The van der Waals surface area contributed by atoms with Crippen molar-refractivity contribution < 1.29 is 9.59 Å². The van der Waals surface area contributed by atoms with Crippen LogP contribution in [0.1, 0.15) is 28.8 Å². The van der Waals surface area contributed by atoms with Crippen LogP contribution in [0.15, 0.2) is 35.7 Å². The molecule has 142 valence electrons. The van der Waals surface area contributed by atoms with Gasteiger partial charge in [-0.3, -0.25) is 4.79 Å². The second kappa shape index (κ2) is 7.72. The Morgan fingerprint density at radius 1 is 1.19 bits per heavy atom. The Bertz CT molecular complexity index is 847. The van der Waals surface area contributed by atoms with Gasteiger partial charge in [0.15, 0.2) is 0 Å². The molecule has 1 atom stereocenters. The van der Waals surface area contributed by atoms with Crippen LogP contribution in [0.25, 0.3) is 0 Å².